The van der Waals surface area contributed by atoms with Crippen LogP contribution < -0.4 is 11.1 Å². The molecule has 0 aromatic heterocycles. The fourth-order valence-corrected chi connectivity index (χ4v) is 2.01. The van der Waals surface area contributed by atoms with Crippen LogP contribution in [0.25, 0.3) is 0 Å². The summed E-state index contributed by atoms with van der Waals surface area (Å²) in [5.41, 5.74) is 6.25. The van der Waals surface area contributed by atoms with Crippen LogP contribution in [0.5, 0.6) is 0 Å². The molecular weight excluding hydrogens is 296 g/mol. The maximum absolute atomic E-state index is 12.2. The van der Waals surface area contributed by atoms with Crippen molar-refractivity contribution in [3.05, 3.63) is 35.9 Å². The second-order valence-electron chi connectivity index (χ2n) is 6.67. The molecule has 23 heavy (non-hydrogen) atoms. The highest BCUT2D eigenvalue weighted by Gasteiger charge is 2.34. The van der Waals surface area contributed by atoms with Gasteiger partial charge in [-0.15, -0.1) is 0 Å². The van der Waals surface area contributed by atoms with Crippen LogP contribution in [0.4, 0.5) is 0 Å². The number of benzene rings is 1. The van der Waals surface area contributed by atoms with Gasteiger partial charge in [0.2, 0.25) is 5.91 Å². The van der Waals surface area contributed by atoms with E-state index in [0.717, 1.165) is 5.56 Å². The lowest BCUT2D eigenvalue weighted by molar-refractivity contribution is -0.145. The summed E-state index contributed by atoms with van der Waals surface area (Å²) in [5, 5.41) is 11.7. The Morgan fingerprint density at radius 3 is 2.30 bits per heavy atom. The van der Waals surface area contributed by atoms with Crippen molar-refractivity contribution >= 4 is 11.9 Å². The van der Waals surface area contributed by atoms with Crippen molar-refractivity contribution in [3.8, 4) is 0 Å². The minimum atomic E-state index is -1.09. The Hall–Kier alpha value is -1.92. The van der Waals surface area contributed by atoms with Crippen LogP contribution >= 0.6 is 0 Å². The fraction of sp³-hybridized carbons (Fsp3) is 0.529. The summed E-state index contributed by atoms with van der Waals surface area (Å²) in [6.45, 7) is 7.26. The van der Waals surface area contributed by atoms with E-state index < -0.39 is 35.5 Å². The molecule has 128 valence electrons. The average Bonchev–Trinajstić information content (AvgIpc) is 2.48. The fourth-order valence-electron chi connectivity index (χ4n) is 2.01. The Labute approximate surface area is 137 Å². The van der Waals surface area contributed by atoms with Crippen molar-refractivity contribution in [2.75, 3.05) is 0 Å². The van der Waals surface area contributed by atoms with Gasteiger partial charge in [0.05, 0.1) is 12.7 Å². The third kappa shape index (κ3) is 6.00. The Bertz CT molecular complexity index is 525. The molecule has 1 amide bonds. The molecule has 0 unspecified atom stereocenters. The quantitative estimate of drug-likeness (QED) is 0.707. The molecule has 1 aromatic carbocycles. The molecule has 0 heterocycles. The molecule has 0 saturated carbocycles. The average molecular weight is 322 g/mol. The zero-order valence-electron chi connectivity index (χ0n) is 14.1. The van der Waals surface area contributed by atoms with E-state index in [1.807, 2.05) is 30.3 Å². The Morgan fingerprint density at radius 1 is 1.26 bits per heavy atom. The number of carbonyl (C=O) groups excluding carboxylic acids is 1. The molecular formula is C17H26N2O4. The van der Waals surface area contributed by atoms with Gasteiger partial charge in [0.15, 0.2) is 0 Å². The summed E-state index contributed by atoms with van der Waals surface area (Å²) in [4.78, 5) is 23.5. The van der Waals surface area contributed by atoms with Crippen molar-refractivity contribution < 1.29 is 19.4 Å². The smallest absolute Gasteiger partial charge is 0.326 e. The lowest BCUT2D eigenvalue weighted by Gasteiger charge is -2.29. The number of ether oxygens (including phenoxy) is 1. The first kappa shape index (κ1) is 19.1. The maximum atomic E-state index is 12.2. The van der Waals surface area contributed by atoms with Gasteiger partial charge in [-0.1, -0.05) is 51.1 Å². The molecule has 0 saturated heterocycles. The third-order valence-corrected chi connectivity index (χ3v) is 3.56. The summed E-state index contributed by atoms with van der Waals surface area (Å²) < 4.78 is 5.61. The molecule has 0 spiro atoms. The first-order valence-electron chi connectivity index (χ1n) is 7.57. The molecule has 0 fully saturated rings. The third-order valence-electron chi connectivity index (χ3n) is 3.56. The summed E-state index contributed by atoms with van der Waals surface area (Å²) in [6.07, 6.45) is -0.537. The van der Waals surface area contributed by atoms with Crippen LogP contribution in [0.3, 0.4) is 0 Å². The number of nitrogens with one attached hydrogen (secondary N) is 1. The second-order valence-corrected chi connectivity index (χ2v) is 6.67. The molecule has 6 nitrogen and oxygen atoms in total. The summed E-state index contributed by atoms with van der Waals surface area (Å²) in [5.74, 6) is -1.62. The molecule has 1 aromatic rings. The highest BCUT2D eigenvalue weighted by molar-refractivity contribution is 5.87. The second kappa shape index (κ2) is 8.08. The van der Waals surface area contributed by atoms with E-state index in [2.05, 4.69) is 5.32 Å². The van der Waals surface area contributed by atoms with E-state index in [1.165, 1.54) is 0 Å². The van der Waals surface area contributed by atoms with Crippen LogP contribution in [0.1, 0.15) is 33.3 Å². The number of rotatable bonds is 7. The van der Waals surface area contributed by atoms with Crippen LogP contribution in [0.15, 0.2) is 30.3 Å². The topological polar surface area (TPSA) is 102 Å². The predicted molar refractivity (Wildman–Crippen MR) is 87.7 cm³/mol. The number of carboxylic acid groups (broad SMARTS) is 1. The van der Waals surface area contributed by atoms with Crippen molar-refractivity contribution in [1.29, 1.82) is 0 Å². The van der Waals surface area contributed by atoms with E-state index in [9.17, 15) is 14.7 Å². The van der Waals surface area contributed by atoms with Gasteiger partial charge >= 0.3 is 5.97 Å². The number of aliphatic carboxylic acids is 1. The van der Waals surface area contributed by atoms with E-state index >= 15 is 0 Å². The molecule has 1 rings (SSSR count). The summed E-state index contributed by atoms with van der Waals surface area (Å²) in [6, 6.07) is 7.58. The molecule has 0 aliphatic heterocycles. The van der Waals surface area contributed by atoms with E-state index in [-0.39, 0.29) is 0 Å². The van der Waals surface area contributed by atoms with Crippen molar-refractivity contribution in [2.45, 2.75) is 52.5 Å². The zero-order valence-corrected chi connectivity index (χ0v) is 14.1. The minimum absolute atomic E-state index is 0.338. The van der Waals surface area contributed by atoms with E-state index in [4.69, 9.17) is 10.5 Å². The van der Waals surface area contributed by atoms with Crippen molar-refractivity contribution in [1.82, 2.24) is 5.32 Å². The zero-order chi connectivity index (χ0) is 17.6. The standard InChI is InChI=1S/C17H26N2O4/c1-11(23-10-12-8-6-5-7-9-12)13(18)15(20)19-14(16(21)22)17(2,3)4/h5-9,11,13-14H,10,18H2,1-4H3,(H,19,20)(H,21,22)/t11-,13+,14-/m1/s1. The van der Waals surface area contributed by atoms with Crippen LogP contribution in [0.2, 0.25) is 0 Å². The number of hydrogen-bond donors (Lipinski definition) is 3. The molecule has 4 N–H and O–H groups in total. The monoisotopic (exact) mass is 322 g/mol. The molecule has 3 atom stereocenters. The SMILES string of the molecule is C[C@@H](OCc1ccccc1)[C@H](N)C(=O)N[C@H](C(=O)O)C(C)(C)C. The maximum Gasteiger partial charge on any atom is 0.326 e. The number of nitrogens with two attached hydrogens (primary N) is 1. The van der Waals surface area contributed by atoms with Gasteiger partial charge in [-0.2, -0.15) is 0 Å². The molecule has 0 bridgehead atoms. The lowest BCUT2D eigenvalue weighted by Crippen LogP contribution is -2.56. The summed E-state index contributed by atoms with van der Waals surface area (Å²) >= 11 is 0. The highest BCUT2D eigenvalue weighted by atomic mass is 16.5. The first-order chi connectivity index (χ1) is 10.6. The van der Waals surface area contributed by atoms with E-state index in [1.54, 1.807) is 27.7 Å². The van der Waals surface area contributed by atoms with Gasteiger partial charge in [-0.3, -0.25) is 4.79 Å². The summed E-state index contributed by atoms with van der Waals surface area (Å²) in [7, 11) is 0. The van der Waals surface area contributed by atoms with E-state index in [0.29, 0.717) is 6.61 Å². The molecule has 0 aliphatic rings. The van der Waals surface area contributed by atoms with Gasteiger partial charge in [0.25, 0.3) is 0 Å². The minimum Gasteiger partial charge on any atom is -0.480 e. The largest absolute Gasteiger partial charge is 0.480 e. The molecule has 0 radical (unpaired) electrons. The number of carboxylic acids is 1. The van der Waals surface area contributed by atoms with Crippen LogP contribution in [-0.2, 0) is 20.9 Å². The molecule has 0 aliphatic carbocycles. The normalized spacial score (nSPS) is 15.5. The van der Waals surface area contributed by atoms with Gasteiger partial charge in [0, 0.05) is 0 Å². The van der Waals surface area contributed by atoms with Gasteiger partial charge < -0.3 is 20.9 Å². The number of amides is 1. The highest BCUT2D eigenvalue weighted by Crippen LogP contribution is 2.19. The molecule has 6 heteroatoms. The predicted octanol–water partition coefficient (Wildman–Crippen LogP) is 1.53. The van der Waals surface area contributed by atoms with Crippen molar-refractivity contribution in [3.63, 3.8) is 0 Å². The first-order valence-corrected chi connectivity index (χ1v) is 7.57. The van der Waals surface area contributed by atoms with Crippen LogP contribution in [-0.4, -0.2) is 35.2 Å². The Kier molecular flexibility index (Phi) is 6.72. The lowest BCUT2D eigenvalue weighted by atomic mass is 9.86. The van der Waals surface area contributed by atoms with Crippen molar-refractivity contribution in [2.24, 2.45) is 11.1 Å². The Balaban J connectivity index is 2.59. The van der Waals surface area contributed by atoms with Gasteiger partial charge in [-0.25, -0.2) is 4.79 Å². The van der Waals surface area contributed by atoms with Gasteiger partial charge in [0.1, 0.15) is 12.1 Å². The Morgan fingerprint density at radius 2 is 1.83 bits per heavy atom. The van der Waals surface area contributed by atoms with Gasteiger partial charge in [-0.05, 0) is 17.9 Å². The number of hydrogen-bond acceptors (Lipinski definition) is 4. The number of carbonyl (C=O) groups is 2. The van der Waals surface area contributed by atoms with Crippen LogP contribution in [0, 0.1) is 5.41 Å².